The summed E-state index contributed by atoms with van der Waals surface area (Å²) in [5.41, 5.74) is 7.44. The van der Waals surface area contributed by atoms with Gasteiger partial charge < -0.3 is 15.2 Å². The van der Waals surface area contributed by atoms with Crippen molar-refractivity contribution < 1.29 is 9.84 Å². The summed E-state index contributed by atoms with van der Waals surface area (Å²) in [5, 5.41) is 18.8. The molecule has 33 heavy (non-hydrogen) atoms. The van der Waals surface area contributed by atoms with Crippen molar-refractivity contribution in [1.29, 1.82) is 0 Å². The highest BCUT2D eigenvalue weighted by molar-refractivity contribution is 5.33. The van der Waals surface area contributed by atoms with Crippen LogP contribution in [0.2, 0.25) is 0 Å². The van der Waals surface area contributed by atoms with Crippen LogP contribution in [0.1, 0.15) is 40.6 Å². The standard InChI is InChI=1S/C27H36N4O2/c1-4-31-21(3)26(20(2)29-31)16-28-15-23-10-7-8-12-27(23)33-19-25(32)18-30-14-13-22-9-5-6-11-24(22)17-30/h5-12,25,28,32H,4,13-19H2,1-3H3. The number of rotatable bonds is 10. The molecule has 3 aromatic rings. The number of hydrogen-bond donors (Lipinski definition) is 2. The van der Waals surface area contributed by atoms with Crippen LogP contribution in [0.5, 0.6) is 5.75 Å². The lowest BCUT2D eigenvalue weighted by Crippen LogP contribution is -2.38. The van der Waals surface area contributed by atoms with Gasteiger partial charge in [0.15, 0.2) is 0 Å². The Morgan fingerprint density at radius 3 is 2.61 bits per heavy atom. The van der Waals surface area contributed by atoms with E-state index in [1.54, 1.807) is 0 Å². The highest BCUT2D eigenvalue weighted by atomic mass is 16.5. The third-order valence-corrected chi connectivity index (χ3v) is 6.53. The number of aryl methyl sites for hydroxylation is 2. The topological polar surface area (TPSA) is 62.6 Å². The van der Waals surface area contributed by atoms with Crippen molar-refractivity contribution in [3.8, 4) is 5.75 Å². The van der Waals surface area contributed by atoms with Crippen LogP contribution in [0.3, 0.4) is 0 Å². The van der Waals surface area contributed by atoms with E-state index in [0.717, 1.165) is 49.6 Å². The van der Waals surface area contributed by atoms with E-state index in [2.05, 4.69) is 66.4 Å². The van der Waals surface area contributed by atoms with Gasteiger partial charge in [0.2, 0.25) is 0 Å². The maximum atomic E-state index is 10.6. The molecule has 176 valence electrons. The van der Waals surface area contributed by atoms with Gasteiger partial charge in [-0.05, 0) is 44.4 Å². The molecule has 0 saturated carbocycles. The molecule has 2 heterocycles. The Morgan fingerprint density at radius 1 is 1.06 bits per heavy atom. The Kier molecular flexibility index (Phi) is 7.81. The van der Waals surface area contributed by atoms with Gasteiger partial charge in [0.1, 0.15) is 18.5 Å². The Morgan fingerprint density at radius 2 is 1.82 bits per heavy atom. The monoisotopic (exact) mass is 448 g/mol. The first kappa shape index (κ1) is 23.5. The van der Waals surface area contributed by atoms with E-state index in [0.29, 0.717) is 13.1 Å². The van der Waals surface area contributed by atoms with Crippen LogP contribution in [-0.4, -0.2) is 45.6 Å². The van der Waals surface area contributed by atoms with Crippen molar-refractivity contribution in [2.75, 3.05) is 19.7 Å². The molecular formula is C27H36N4O2. The number of aliphatic hydroxyl groups is 1. The van der Waals surface area contributed by atoms with Gasteiger partial charge >= 0.3 is 0 Å². The lowest BCUT2D eigenvalue weighted by Gasteiger charge is -2.30. The Hall–Kier alpha value is -2.67. The fraction of sp³-hybridized carbons (Fsp3) is 0.444. The number of aliphatic hydroxyl groups excluding tert-OH is 1. The zero-order valence-corrected chi connectivity index (χ0v) is 20.1. The minimum Gasteiger partial charge on any atom is -0.491 e. The average molecular weight is 449 g/mol. The van der Waals surface area contributed by atoms with Gasteiger partial charge in [0.25, 0.3) is 0 Å². The Bertz CT molecular complexity index is 1060. The number of fused-ring (bicyclic) bond motifs is 1. The van der Waals surface area contributed by atoms with Gasteiger partial charge in [-0.2, -0.15) is 5.10 Å². The second kappa shape index (κ2) is 11.0. The van der Waals surface area contributed by atoms with Crippen LogP contribution >= 0.6 is 0 Å². The van der Waals surface area contributed by atoms with Crippen LogP contribution in [0.15, 0.2) is 48.5 Å². The SMILES string of the molecule is CCn1nc(C)c(CNCc2ccccc2OCC(O)CN2CCc3ccccc3C2)c1C. The lowest BCUT2D eigenvalue weighted by atomic mass is 10.00. The first-order chi connectivity index (χ1) is 16.0. The number of nitrogens with one attached hydrogen (secondary N) is 1. The van der Waals surface area contributed by atoms with E-state index in [-0.39, 0.29) is 6.61 Å². The zero-order chi connectivity index (χ0) is 23.2. The first-order valence-corrected chi connectivity index (χ1v) is 12.0. The summed E-state index contributed by atoms with van der Waals surface area (Å²) < 4.78 is 8.10. The summed E-state index contributed by atoms with van der Waals surface area (Å²) in [7, 11) is 0. The van der Waals surface area contributed by atoms with Gasteiger partial charge in [0, 0.05) is 56.1 Å². The summed E-state index contributed by atoms with van der Waals surface area (Å²) in [5.74, 6) is 0.825. The third-order valence-electron chi connectivity index (χ3n) is 6.53. The number of benzene rings is 2. The van der Waals surface area contributed by atoms with Crippen LogP contribution in [0.25, 0.3) is 0 Å². The van der Waals surface area contributed by atoms with E-state index in [9.17, 15) is 5.11 Å². The maximum absolute atomic E-state index is 10.6. The van der Waals surface area contributed by atoms with Crippen LogP contribution in [-0.2, 0) is 32.6 Å². The fourth-order valence-corrected chi connectivity index (χ4v) is 4.66. The molecule has 0 spiro atoms. The average Bonchev–Trinajstić information content (AvgIpc) is 3.11. The molecule has 1 aliphatic heterocycles. The molecule has 2 aromatic carbocycles. The number of ether oxygens (including phenoxy) is 1. The minimum absolute atomic E-state index is 0.288. The smallest absolute Gasteiger partial charge is 0.123 e. The van der Waals surface area contributed by atoms with E-state index in [1.165, 1.54) is 22.4 Å². The Labute approximate surface area is 197 Å². The van der Waals surface area contributed by atoms with E-state index < -0.39 is 6.10 Å². The van der Waals surface area contributed by atoms with Gasteiger partial charge in [-0.3, -0.25) is 9.58 Å². The van der Waals surface area contributed by atoms with Crippen molar-refractivity contribution in [1.82, 2.24) is 20.0 Å². The lowest BCUT2D eigenvalue weighted by molar-refractivity contribution is 0.0634. The quantitative estimate of drug-likeness (QED) is 0.496. The molecule has 2 N–H and O–H groups in total. The van der Waals surface area contributed by atoms with Crippen molar-refractivity contribution in [3.05, 3.63) is 82.2 Å². The molecule has 0 aliphatic carbocycles. The molecule has 1 aliphatic rings. The Balaban J connectivity index is 1.28. The van der Waals surface area contributed by atoms with Crippen molar-refractivity contribution in [2.24, 2.45) is 0 Å². The molecule has 0 radical (unpaired) electrons. The molecule has 6 nitrogen and oxygen atoms in total. The van der Waals surface area contributed by atoms with Crippen molar-refractivity contribution in [3.63, 3.8) is 0 Å². The predicted octanol–water partition coefficient (Wildman–Crippen LogP) is 3.61. The van der Waals surface area contributed by atoms with E-state index >= 15 is 0 Å². The summed E-state index contributed by atoms with van der Waals surface area (Å²) in [6, 6.07) is 16.6. The van der Waals surface area contributed by atoms with Crippen LogP contribution in [0, 0.1) is 13.8 Å². The largest absolute Gasteiger partial charge is 0.491 e. The molecule has 1 aromatic heterocycles. The first-order valence-electron chi connectivity index (χ1n) is 12.0. The number of nitrogens with zero attached hydrogens (tertiary/aromatic N) is 3. The maximum Gasteiger partial charge on any atom is 0.123 e. The highest BCUT2D eigenvalue weighted by Crippen LogP contribution is 2.21. The molecule has 0 bridgehead atoms. The molecular weight excluding hydrogens is 412 g/mol. The fourth-order valence-electron chi connectivity index (χ4n) is 4.66. The van der Waals surface area contributed by atoms with Gasteiger partial charge in [0.05, 0.1) is 5.69 Å². The second-order valence-corrected chi connectivity index (χ2v) is 8.90. The second-order valence-electron chi connectivity index (χ2n) is 8.90. The van der Waals surface area contributed by atoms with Crippen LogP contribution in [0.4, 0.5) is 0 Å². The minimum atomic E-state index is -0.526. The number of β-amino-alcohol motifs (C(OH)–C–C–N with tert-alkyl or cyclic N) is 1. The number of hydrogen-bond acceptors (Lipinski definition) is 5. The molecule has 1 atom stereocenters. The number of para-hydroxylation sites is 1. The van der Waals surface area contributed by atoms with E-state index in [4.69, 9.17) is 4.74 Å². The summed E-state index contributed by atoms with van der Waals surface area (Å²) in [4.78, 5) is 2.31. The van der Waals surface area contributed by atoms with E-state index in [1.807, 2.05) is 22.9 Å². The van der Waals surface area contributed by atoms with Gasteiger partial charge in [-0.15, -0.1) is 0 Å². The summed E-state index contributed by atoms with van der Waals surface area (Å²) in [6.45, 7) is 11.4. The van der Waals surface area contributed by atoms with Crippen LogP contribution < -0.4 is 10.1 Å². The molecule has 6 heteroatoms. The molecule has 1 unspecified atom stereocenters. The summed E-state index contributed by atoms with van der Waals surface area (Å²) >= 11 is 0. The number of aromatic nitrogens is 2. The molecule has 4 rings (SSSR count). The molecule has 0 amide bonds. The molecule has 0 saturated heterocycles. The van der Waals surface area contributed by atoms with Crippen molar-refractivity contribution >= 4 is 0 Å². The van der Waals surface area contributed by atoms with Gasteiger partial charge in [-0.1, -0.05) is 42.5 Å². The normalized spacial score (nSPS) is 14.8. The molecule has 0 fully saturated rings. The summed E-state index contributed by atoms with van der Waals surface area (Å²) in [6.07, 6.45) is 0.510. The third kappa shape index (κ3) is 5.82. The van der Waals surface area contributed by atoms with Crippen molar-refractivity contribution in [2.45, 2.75) is 59.5 Å². The zero-order valence-electron chi connectivity index (χ0n) is 20.1. The highest BCUT2D eigenvalue weighted by Gasteiger charge is 2.19. The van der Waals surface area contributed by atoms with Gasteiger partial charge in [-0.25, -0.2) is 0 Å². The predicted molar refractivity (Wildman–Crippen MR) is 131 cm³/mol.